The van der Waals surface area contributed by atoms with E-state index < -0.39 is 0 Å². The maximum atomic E-state index is 6.37. The Morgan fingerprint density at radius 1 is 0.483 bits per heavy atom. The van der Waals surface area contributed by atoms with Gasteiger partial charge in [0, 0.05) is 34.3 Å². The molecule has 9 rings (SSSR count). The van der Waals surface area contributed by atoms with E-state index >= 15 is 0 Å². The first-order valence-corrected chi connectivity index (χ1v) is 21.6. The van der Waals surface area contributed by atoms with Gasteiger partial charge in [-0.3, -0.25) is 0 Å². The highest BCUT2D eigenvalue weighted by Crippen LogP contribution is 2.46. The van der Waals surface area contributed by atoms with Crippen molar-refractivity contribution in [3.05, 3.63) is 180 Å². The average molecular weight is 784 g/mol. The molecule has 300 valence electrons. The van der Waals surface area contributed by atoms with Crippen LogP contribution in [0.5, 0.6) is 0 Å². The van der Waals surface area contributed by atoms with E-state index in [1.54, 1.807) is 0 Å². The maximum absolute atomic E-state index is 6.37. The van der Waals surface area contributed by atoms with Crippen molar-refractivity contribution in [3.8, 4) is 33.4 Å². The summed E-state index contributed by atoms with van der Waals surface area (Å²) in [6, 6.07) is 54.6. The molecule has 0 spiro atoms. The Kier molecular flexibility index (Phi) is 9.74. The molecule has 0 unspecified atom stereocenters. The van der Waals surface area contributed by atoms with Crippen molar-refractivity contribution in [1.82, 2.24) is 0 Å². The molecule has 0 N–H and O–H groups in total. The van der Waals surface area contributed by atoms with Gasteiger partial charge >= 0.3 is 0 Å². The Balaban J connectivity index is 1.21. The molecule has 2 heteroatoms. The smallest absolute Gasteiger partial charge is 0.135 e. The summed E-state index contributed by atoms with van der Waals surface area (Å²) in [4.78, 5) is 2.43. The highest BCUT2D eigenvalue weighted by molar-refractivity contribution is 6.09. The van der Waals surface area contributed by atoms with Gasteiger partial charge in [-0.2, -0.15) is 0 Å². The lowest BCUT2D eigenvalue weighted by atomic mass is 9.78. The quantitative estimate of drug-likeness (QED) is 0.167. The van der Waals surface area contributed by atoms with E-state index in [9.17, 15) is 0 Å². The second-order valence-electron chi connectivity index (χ2n) is 19.8. The summed E-state index contributed by atoms with van der Waals surface area (Å²) in [6.45, 7) is 20.7. The third-order valence-electron chi connectivity index (χ3n) is 12.4. The zero-order valence-corrected chi connectivity index (χ0v) is 36.8. The molecule has 1 aliphatic rings. The molecule has 8 aromatic rings. The van der Waals surface area contributed by atoms with E-state index in [1.165, 1.54) is 60.7 Å². The van der Waals surface area contributed by atoms with Gasteiger partial charge in [0.25, 0.3) is 0 Å². The molecule has 0 atom stereocenters. The predicted octanol–water partition coefficient (Wildman–Crippen LogP) is 16.9. The molecule has 0 radical (unpaired) electrons. The first kappa shape index (κ1) is 39.3. The molecule has 2 nitrogen and oxygen atoms in total. The van der Waals surface area contributed by atoms with Crippen molar-refractivity contribution in [2.75, 3.05) is 4.90 Å². The molecule has 0 saturated carbocycles. The van der Waals surface area contributed by atoms with Gasteiger partial charge in [-0.15, -0.1) is 0 Å². The van der Waals surface area contributed by atoms with Crippen molar-refractivity contribution in [1.29, 1.82) is 0 Å². The van der Waals surface area contributed by atoms with Gasteiger partial charge in [0.2, 0.25) is 0 Å². The highest BCUT2D eigenvalue weighted by Gasteiger charge is 2.24. The number of allylic oxidation sites excluding steroid dienone is 1. The summed E-state index contributed by atoms with van der Waals surface area (Å²) in [7, 11) is 0. The van der Waals surface area contributed by atoms with Gasteiger partial charge in [0.15, 0.2) is 0 Å². The van der Waals surface area contributed by atoms with Gasteiger partial charge in [-0.05, 0) is 120 Å². The van der Waals surface area contributed by atoms with Crippen molar-refractivity contribution in [2.45, 2.75) is 91.4 Å². The minimum Gasteiger partial charge on any atom is -0.460 e. The Morgan fingerprint density at radius 3 is 1.72 bits per heavy atom. The average Bonchev–Trinajstić information content (AvgIpc) is 3.61. The van der Waals surface area contributed by atoms with Crippen molar-refractivity contribution in [3.63, 3.8) is 0 Å². The molecule has 0 aliphatic heterocycles. The van der Waals surface area contributed by atoms with Crippen LogP contribution in [-0.4, -0.2) is 0 Å². The van der Waals surface area contributed by atoms with Gasteiger partial charge in [0.05, 0.1) is 5.69 Å². The van der Waals surface area contributed by atoms with Gasteiger partial charge < -0.3 is 9.32 Å². The zero-order valence-electron chi connectivity index (χ0n) is 36.8. The van der Waals surface area contributed by atoms with E-state index in [2.05, 4.69) is 225 Å². The minimum absolute atomic E-state index is 0.0111. The van der Waals surface area contributed by atoms with Crippen LogP contribution in [0.2, 0.25) is 0 Å². The van der Waals surface area contributed by atoms with Crippen LogP contribution in [0.4, 0.5) is 17.1 Å². The summed E-state index contributed by atoms with van der Waals surface area (Å²) in [5.41, 5.74) is 16.9. The van der Waals surface area contributed by atoms with Gasteiger partial charge in [-0.1, -0.05) is 178 Å². The number of nitrogens with zero attached hydrogens (tertiary/aromatic N) is 1. The lowest BCUT2D eigenvalue weighted by Gasteiger charge is -2.29. The standard InChI is InChI=1S/C58H57NO/c1-56(2,3)42-27-31-46(32-28-42)59(45-29-24-38(25-30-45)40-26-33-50-49-19-11-13-23-53(49)60-54(50)36-40)52-22-12-10-18-48(52)51-21-15-17-39-16-14-20-47(55(39)51)41-34-43(57(4,5)6)37-44(35-41)58(7,8)9/h10-12,14-22,24-37H,13,23H2,1-9H3. The Labute approximate surface area is 357 Å². The number of furan rings is 1. The number of anilines is 3. The van der Waals surface area contributed by atoms with Crippen molar-refractivity contribution >= 4 is 44.9 Å². The summed E-state index contributed by atoms with van der Waals surface area (Å²) >= 11 is 0. The zero-order chi connectivity index (χ0) is 42.0. The van der Waals surface area contributed by atoms with Crippen LogP contribution >= 0.6 is 0 Å². The summed E-state index contributed by atoms with van der Waals surface area (Å²) in [5, 5.41) is 3.69. The number of hydrogen-bond acceptors (Lipinski definition) is 2. The monoisotopic (exact) mass is 783 g/mol. The molecule has 60 heavy (non-hydrogen) atoms. The Bertz CT molecular complexity index is 2860. The molecule has 1 aromatic heterocycles. The summed E-state index contributed by atoms with van der Waals surface area (Å²) < 4.78 is 6.37. The highest BCUT2D eigenvalue weighted by atomic mass is 16.3. The van der Waals surface area contributed by atoms with Crippen LogP contribution in [0.3, 0.4) is 0 Å². The molecule has 0 bridgehead atoms. The second kappa shape index (κ2) is 14.9. The van der Waals surface area contributed by atoms with Gasteiger partial charge in [0.1, 0.15) is 11.3 Å². The van der Waals surface area contributed by atoms with Crippen LogP contribution < -0.4 is 4.90 Å². The normalized spacial score (nSPS) is 13.2. The van der Waals surface area contributed by atoms with Crippen molar-refractivity contribution in [2.24, 2.45) is 0 Å². The topological polar surface area (TPSA) is 16.4 Å². The van der Waals surface area contributed by atoms with E-state index in [-0.39, 0.29) is 16.2 Å². The largest absolute Gasteiger partial charge is 0.460 e. The first-order valence-electron chi connectivity index (χ1n) is 21.6. The van der Waals surface area contributed by atoms with Crippen LogP contribution in [0.15, 0.2) is 156 Å². The molecule has 0 saturated heterocycles. The molecule has 1 aliphatic carbocycles. The Hall–Kier alpha value is -6.12. The molecule has 0 fully saturated rings. The molecular formula is C58H57NO. The van der Waals surface area contributed by atoms with E-state index in [1.807, 2.05) is 0 Å². The first-order chi connectivity index (χ1) is 28.6. The predicted molar refractivity (Wildman–Crippen MR) is 258 cm³/mol. The SMILES string of the molecule is CC(C)(C)c1ccc(N(c2ccc(-c3ccc4c5c(oc4c3)CCC=C5)cc2)c2ccccc2-c2cccc3cccc(-c4cc(C(C)(C)C)cc(C(C)(C)C)c4)c23)cc1. The fraction of sp³-hybridized carbons (Fsp3) is 0.241. The van der Waals surface area contributed by atoms with Crippen LogP contribution in [0.1, 0.15) is 96.7 Å². The lowest BCUT2D eigenvalue weighted by Crippen LogP contribution is -2.16. The fourth-order valence-corrected chi connectivity index (χ4v) is 8.82. The fourth-order valence-electron chi connectivity index (χ4n) is 8.82. The lowest BCUT2D eigenvalue weighted by molar-refractivity contribution is 0.546. The minimum atomic E-state index is 0.0111. The van der Waals surface area contributed by atoms with Crippen LogP contribution in [-0.2, 0) is 22.7 Å². The molecule has 7 aromatic carbocycles. The summed E-state index contributed by atoms with van der Waals surface area (Å²) in [6.07, 6.45) is 6.45. The van der Waals surface area contributed by atoms with Crippen LogP contribution in [0.25, 0.3) is 61.2 Å². The second-order valence-corrected chi connectivity index (χ2v) is 19.8. The van der Waals surface area contributed by atoms with E-state index in [4.69, 9.17) is 4.42 Å². The summed E-state index contributed by atoms with van der Waals surface area (Å²) in [5.74, 6) is 1.10. The Morgan fingerprint density at radius 2 is 1.07 bits per heavy atom. The number of fused-ring (bicyclic) bond motifs is 4. The number of para-hydroxylation sites is 1. The third-order valence-corrected chi connectivity index (χ3v) is 12.4. The number of benzene rings is 7. The van der Waals surface area contributed by atoms with E-state index in [0.29, 0.717) is 0 Å². The van der Waals surface area contributed by atoms with Gasteiger partial charge in [-0.25, -0.2) is 0 Å². The van der Waals surface area contributed by atoms with Crippen LogP contribution in [0, 0.1) is 0 Å². The molecule has 0 amide bonds. The third kappa shape index (κ3) is 7.38. The van der Waals surface area contributed by atoms with E-state index in [0.717, 1.165) is 52.4 Å². The number of hydrogen-bond donors (Lipinski definition) is 0. The maximum Gasteiger partial charge on any atom is 0.135 e. The number of aryl methyl sites for hydroxylation is 1. The number of rotatable bonds is 6. The molecule has 1 heterocycles. The molecular weight excluding hydrogens is 727 g/mol. The van der Waals surface area contributed by atoms with Crippen molar-refractivity contribution < 1.29 is 4.42 Å².